The van der Waals surface area contributed by atoms with Gasteiger partial charge in [0.15, 0.2) is 0 Å². The van der Waals surface area contributed by atoms with Gasteiger partial charge in [-0.1, -0.05) is 15.9 Å². The van der Waals surface area contributed by atoms with Crippen molar-refractivity contribution in [2.45, 2.75) is 25.9 Å². The highest BCUT2D eigenvalue weighted by molar-refractivity contribution is 9.10. The van der Waals surface area contributed by atoms with Crippen molar-refractivity contribution in [2.24, 2.45) is 0 Å². The van der Waals surface area contributed by atoms with Crippen LogP contribution in [0, 0.1) is 0 Å². The van der Waals surface area contributed by atoms with E-state index in [4.69, 9.17) is 4.74 Å². The number of nitrogens with zero attached hydrogens (tertiary/aromatic N) is 1. The van der Waals surface area contributed by atoms with Crippen molar-refractivity contribution >= 4 is 15.9 Å². The molecule has 3 nitrogen and oxygen atoms in total. The third-order valence-electron chi connectivity index (χ3n) is 3.29. The van der Waals surface area contributed by atoms with Crippen LogP contribution in [0.25, 0.3) is 0 Å². The smallest absolute Gasteiger partial charge is 0.125 e. The van der Waals surface area contributed by atoms with Crippen molar-refractivity contribution in [1.29, 1.82) is 0 Å². The van der Waals surface area contributed by atoms with E-state index in [2.05, 4.69) is 20.8 Å². The van der Waals surface area contributed by atoms with Gasteiger partial charge in [0.1, 0.15) is 12.4 Å². The highest BCUT2D eigenvalue weighted by Gasteiger charge is 2.13. The van der Waals surface area contributed by atoms with Gasteiger partial charge >= 0.3 is 0 Å². The third-order valence-corrected chi connectivity index (χ3v) is 3.78. The van der Waals surface area contributed by atoms with Gasteiger partial charge in [0, 0.05) is 16.6 Å². The van der Waals surface area contributed by atoms with Crippen LogP contribution in [0.4, 0.5) is 0 Å². The first-order chi connectivity index (χ1) is 8.66. The van der Waals surface area contributed by atoms with E-state index in [9.17, 15) is 5.11 Å². The number of hydrogen-bond donors (Lipinski definition) is 1. The molecule has 1 fully saturated rings. The fourth-order valence-corrected chi connectivity index (χ4v) is 2.65. The highest BCUT2D eigenvalue weighted by atomic mass is 79.9. The largest absolute Gasteiger partial charge is 0.492 e. The minimum atomic E-state index is -0.510. The Morgan fingerprint density at radius 2 is 2.11 bits per heavy atom. The fourth-order valence-electron chi connectivity index (χ4n) is 2.27. The number of aliphatic hydroxyl groups excluding tert-OH is 1. The van der Waals surface area contributed by atoms with Crippen LogP contribution >= 0.6 is 15.9 Å². The lowest BCUT2D eigenvalue weighted by Crippen LogP contribution is -2.25. The average molecular weight is 314 g/mol. The van der Waals surface area contributed by atoms with E-state index in [1.807, 2.05) is 18.2 Å². The first-order valence-corrected chi connectivity index (χ1v) is 7.29. The lowest BCUT2D eigenvalue weighted by Gasteiger charge is -2.17. The van der Waals surface area contributed by atoms with Crippen LogP contribution in [0.5, 0.6) is 5.75 Å². The van der Waals surface area contributed by atoms with E-state index in [1.165, 1.54) is 25.9 Å². The summed E-state index contributed by atoms with van der Waals surface area (Å²) in [5.41, 5.74) is 0.839. The summed E-state index contributed by atoms with van der Waals surface area (Å²) in [6.07, 6.45) is 2.10. The van der Waals surface area contributed by atoms with Crippen molar-refractivity contribution in [2.75, 3.05) is 26.2 Å². The molecule has 0 saturated carbocycles. The van der Waals surface area contributed by atoms with Gasteiger partial charge in [0.05, 0.1) is 6.10 Å². The second-order valence-electron chi connectivity index (χ2n) is 4.76. The second kappa shape index (κ2) is 6.55. The topological polar surface area (TPSA) is 32.7 Å². The Labute approximate surface area is 117 Å². The number of aliphatic hydroxyl groups is 1. The molecule has 0 radical (unpaired) electrons. The normalized spacial score (nSPS) is 17.9. The minimum absolute atomic E-state index is 0.510. The number of benzene rings is 1. The maximum absolute atomic E-state index is 9.73. The Hall–Kier alpha value is -0.580. The van der Waals surface area contributed by atoms with Crippen molar-refractivity contribution in [3.8, 4) is 5.75 Å². The van der Waals surface area contributed by atoms with E-state index in [0.29, 0.717) is 6.61 Å². The van der Waals surface area contributed by atoms with Crippen molar-refractivity contribution in [3.63, 3.8) is 0 Å². The van der Waals surface area contributed by atoms with E-state index in [-0.39, 0.29) is 0 Å². The molecule has 1 heterocycles. The van der Waals surface area contributed by atoms with Gasteiger partial charge in [-0.15, -0.1) is 0 Å². The van der Waals surface area contributed by atoms with Gasteiger partial charge in [0.25, 0.3) is 0 Å². The molecule has 100 valence electrons. The van der Waals surface area contributed by atoms with Crippen molar-refractivity contribution < 1.29 is 9.84 Å². The summed E-state index contributed by atoms with van der Waals surface area (Å²) < 4.78 is 6.76. The lowest BCUT2D eigenvalue weighted by molar-refractivity contribution is 0.186. The molecule has 1 atom stereocenters. The molecule has 1 aliphatic heterocycles. The maximum Gasteiger partial charge on any atom is 0.125 e. The van der Waals surface area contributed by atoms with E-state index >= 15 is 0 Å². The van der Waals surface area contributed by atoms with Gasteiger partial charge in [-0.2, -0.15) is 0 Å². The molecule has 1 aliphatic rings. The number of ether oxygens (including phenoxy) is 1. The highest BCUT2D eigenvalue weighted by Crippen LogP contribution is 2.28. The summed E-state index contributed by atoms with van der Waals surface area (Å²) in [5.74, 6) is 0.785. The Balaban J connectivity index is 1.91. The molecular weight excluding hydrogens is 294 g/mol. The van der Waals surface area contributed by atoms with Crippen LogP contribution in [-0.4, -0.2) is 36.2 Å². The molecular formula is C14H20BrNO2. The number of rotatable bonds is 5. The van der Waals surface area contributed by atoms with E-state index in [1.54, 1.807) is 6.92 Å². The molecule has 0 aliphatic carbocycles. The van der Waals surface area contributed by atoms with Crippen LogP contribution in [0.15, 0.2) is 22.7 Å². The standard InChI is InChI=1S/C14H20BrNO2/c1-11(17)13-10-12(15)4-5-14(13)18-9-8-16-6-2-3-7-16/h4-5,10-11,17H,2-3,6-9H2,1H3/t11-/m0/s1. The summed E-state index contributed by atoms with van der Waals surface area (Å²) in [6.45, 7) is 5.78. The molecule has 18 heavy (non-hydrogen) atoms. The average Bonchev–Trinajstić information content (AvgIpc) is 2.84. The van der Waals surface area contributed by atoms with Gasteiger partial charge < -0.3 is 9.84 Å². The molecule has 0 spiro atoms. The third kappa shape index (κ3) is 3.70. The summed E-state index contributed by atoms with van der Waals surface area (Å²) in [6, 6.07) is 5.77. The quantitative estimate of drug-likeness (QED) is 0.907. The monoisotopic (exact) mass is 313 g/mol. The van der Waals surface area contributed by atoms with Gasteiger partial charge in [-0.3, -0.25) is 4.90 Å². The molecule has 4 heteroatoms. The predicted octanol–water partition coefficient (Wildman–Crippen LogP) is 2.98. The molecule has 1 aromatic carbocycles. The molecule has 0 bridgehead atoms. The maximum atomic E-state index is 9.73. The van der Waals surface area contributed by atoms with Crippen LogP contribution in [-0.2, 0) is 0 Å². The first-order valence-electron chi connectivity index (χ1n) is 6.49. The zero-order valence-corrected chi connectivity index (χ0v) is 12.3. The van der Waals surface area contributed by atoms with Crippen LogP contribution in [0.2, 0.25) is 0 Å². The second-order valence-corrected chi connectivity index (χ2v) is 5.67. The summed E-state index contributed by atoms with van der Waals surface area (Å²) in [7, 11) is 0. The molecule has 0 aromatic heterocycles. The van der Waals surface area contributed by atoms with Gasteiger partial charge in [0.2, 0.25) is 0 Å². The molecule has 1 saturated heterocycles. The number of halogens is 1. The molecule has 2 rings (SSSR count). The molecule has 0 amide bonds. The summed E-state index contributed by atoms with van der Waals surface area (Å²) in [4.78, 5) is 2.42. The van der Waals surface area contributed by atoms with Crippen molar-refractivity contribution in [3.05, 3.63) is 28.2 Å². The molecule has 0 unspecified atom stereocenters. The van der Waals surface area contributed by atoms with Gasteiger partial charge in [-0.25, -0.2) is 0 Å². The zero-order chi connectivity index (χ0) is 13.0. The predicted molar refractivity (Wildman–Crippen MR) is 75.9 cm³/mol. The van der Waals surface area contributed by atoms with Crippen LogP contribution in [0.1, 0.15) is 31.4 Å². The SMILES string of the molecule is C[C@H](O)c1cc(Br)ccc1OCCN1CCCC1. The summed E-state index contributed by atoms with van der Waals surface area (Å²) >= 11 is 3.41. The lowest BCUT2D eigenvalue weighted by atomic mass is 10.1. The molecule has 1 aromatic rings. The van der Waals surface area contributed by atoms with Crippen molar-refractivity contribution in [1.82, 2.24) is 4.90 Å². The number of hydrogen-bond acceptors (Lipinski definition) is 3. The number of likely N-dealkylation sites (tertiary alicyclic amines) is 1. The zero-order valence-electron chi connectivity index (χ0n) is 10.7. The summed E-state index contributed by atoms with van der Waals surface area (Å²) in [5, 5.41) is 9.73. The van der Waals surface area contributed by atoms with E-state index < -0.39 is 6.10 Å². The minimum Gasteiger partial charge on any atom is -0.492 e. The Kier molecular flexibility index (Phi) is 5.03. The van der Waals surface area contributed by atoms with Crippen LogP contribution in [0.3, 0.4) is 0 Å². The Bertz CT molecular complexity index is 389. The van der Waals surface area contributed by atoms with E-state index in [0.717, 1.165) is 22.3 Å². The first kappa shape index (κ1) is 13.8. The Morgan fingerprint density at radius 1 is 1.39 bits per heavy atom. The molecule has 1 N–H and O–H groups in total. The fraction of sp³-hybridized carbons (Fsp3) is 0.571. The van der Waals surface area contributed by atoms with Crippen LogP contribution < -0.4 is 4.74 Å². The Morgan fingerprint density at radius 3 is 2.78 bits per heavy atom. The van der Waals surface area contributed by atoms with Gasteiger partial charge in [-0.05, 0) is 51.1 Å².